The molecule has 0 atom stereocenters. The minimum Gasteiger partial charge on any atom is -0.376 e. The minimum absolute atomic E-state index is 0.0610. The van der Waals surface area contributed by atoms with Crippen LogP contribution in [-0.4, -0.2) is 16.6 Å². The normalized spacial score (nSPS) is 14.1. The summed E-state index contributed by atoms with van der Waals surface area (Å²) in [5.41, 5.74) is 5.15. The van der Waals surface area contributed by atoms with Crippen molar-refractivity contribution in [3.63, 3.8) is 0 Å². The monoisotopic (exact) mass is 270 g/mol. The van der Waals surface area contributed by atoms with Gasteiger partial charge in [0.1, 0.15) is 5.82 Å². The summed E-state index contributed by atoms with van der Waals surface area (Å²) in [6.45, 7) is 5.18. The summed E-state index contributed by atoms with van der Waals surface area (Å²) in [6.07, 6.45) is 1.38. The number of ether oxygens (including phenoxy) is 1. The molecule has 2 heterocycles. The van der Waals surface area contributed by atoms with Crippen LogP contribution in [0.1, 0.15) is 33.8 Å². The highest BCUT2D eigenvalue weighted by molar-refractivity contribution is 5.31. The quantitative estimate of drug-likeness (QED) is 0.908. The van der Waals surface area contributed by atoms with Crippen LogP contribution >= 0.6 is 0 Å². The van der Waals surface area contributed by atoms with Gasteiger partial charge in [0.05, 0.1) is 24.5 Å². The smallest absolute Gasteiger partial charge is 0.256 e. The van der Waals surface area contributed by atoms with Crippen molar-refractivity contribution in [1.29, 1.82) is 0 Å². The van der Waals surface area contributed by atoms with Gasteiger partial charge in [-0.2, -0.15) is 0 Å². The summed E-state index contributed by atoms with van der Waals surface area (Å²) in [5.74, 6) is 0.737. The Morgan fingerprint density at radius 2 is 2.00 bits per heavy atom. The average molecular weight is 270 g/mol. The molecule has 0 unspecified atom stereocenters. The second kappa shape index (κ2) is 5.21. The topological polar surface area (TPSA) is 55.0 Å². The van der Waals surface area contributed by atoms with E-state index in [1.165, 1.54) is 16.7 Å². The van der Waals surface area contributed by atoms with E-state index in [-0.39, 0.29) is 5.56 Å². The van der Waals surface area contributed by atoms with Crippen molar-refractivity contribution >= 4 is 0 Å². The number of nitrogens with one attached hydrogen (secondary N) is 1. The zero-order chi connectivity index (χ0) is 14.1. The summed E-state index contributed by atoms with van der Waals surface area (Å²) in [5, 5.41) is 0. The Morgan fingerprint density at radius 3 is 2.75 bits per heavy atom. The molecule has 0 radical (unpaired) electrons. The van der Waals surface area contributed by atoms with Crippen molar-refractivity contribution < 1.29 is 4.74 Å². The molecule has 0 saturated carbocycles. The molecule has 4 heteroatoms. The Morgan fingerprint density at radius 1 is 1.25 bits per heavy atom. The summed E-state index contributed by atoms with van der Waals surface area (Å²) in [6, 6.07) is 6.41. The Bertz CT molecular complexity index is 684. The number of fused-ring (bicyclic) bond motifs is 1. The van der Waals surface area contributed by atoms with Crippen LogP contribution in [0.3, 0.4) is 0 Å². The molecular weight excluding hydrogens is 252 g/mol. The molecule has 104 valence electrons. The van der Waals surface area contributed by atoms with Crippen molar-refractivity contribution in [1.82, 2.24) is 9.97 Å². The lowest BCUT2D eigenvalue weighted by Crippen LogP contribution is -2.25. The number of aryl methyl sites for hydroxylation is 2. The first-order valence-corrected chi connectivity index (χ1v) is 6.87. The lowest BCUT2D eigenvalue weighted by molar-refractivity contribution is 0.108. The van der Waals surface area contributed by atoms with Gasteiger partial charge < -0.3 is 9.72 Å². The van der Waals surface area contributed by atoms with Gasteiger partial charge in [0, 0.05) is 12.8 Å². The number of hydrogen-bond acceptors (Lipinski definition) is 3. The highest BCUT2D eigenvalue weighted by atomic mass is 16.5. The predicted molar refractivity (Wildman–Crippen MR) is 76.9 cm³/mol. The molecule has 0 amide bonds. The fourth-order valence-corrected chi connectivity index (χ4v) is 2.74. The lowest BCUT2D eigenvalue weighted by atomic mass is 10.0. The van der Waals surface area contributed by atoms with Crippen LogP contribution in [0.4, 0.5) is 0 Å². The van der Waals surface area contributed by atoms with E-state index in [0.717, 1.165) is 17.9 Å². The number of rotatable bonds is 2. The molecule has 0 spiro atoms. The van der Waals surface area contributed by atoms with Gasteiger partial charge >= 0.3 is 0 Å². The Kier molecular flexibility index (Phi) is 3.40. The van der Waals surface area contributed by atoms with E-state index in [1.807, 2.05) is 0 Å². The van der Waals surface area contributed by atoms with Crippen LogP contribution in [0, 0.1) is 13.8 Å². The minimum atomic E-state index is -0.0610. The van der Waals surface area contributed by atoms with Crippen LogP contribution in [0.5, 0.6) is 0 Å². The van der Waals surface area contributed by atoms with Crippen LogP contribution in [-0.2, 0) is 24.2 Å². The van der Waals surface area contributed by atoms with Crippen molar-refractivity contribution in [2.75, 3.05) is 6.61 Å². The zero-order valence-corrected chi connectivity index (χ0v) is 11.8. The third kappa shape index (κ3) is 2.65. The maximum atomic E-state index is 12.0. The fraction of sp³-hybridized carbons (Fsp3) is 0.375. The third-order valence-electron chi connectivity index (χ3n) is 3.53. The molecule has 1 aliphatic heterocycles. The number of aromatic nitrogens is 2. The average Bonchev–Trinajstić information content (AvgIpc) is 2.37. The molecule has 0 aliphatic carbocycles. The second-order valence-electron chi connectivity index (χ2n) is 5.41. The first-order valence-electron chi connectivity index (χ1n) is 6.87. The summed E-state index contributed by atoms with van der Waals surface area (Å²) >= 11 is 0. The van der Waals surface area contributed by atoms with Crippen LogP contribution in [0.25, 0.3) is 0 Å². The molecule has 0 fully saturated rings. The van der Waals surface area contributed by atoms with Gasteiger partial charge in [0.25, 0.3) is 5.56 Å². The van der Waals surface area contributed by atoms with E-state index >= 15 is 0 Å². The van der Waals surface area contributed by atoms with E-state index in [1.54, 1.807) is 0 Å². The lowest BCUT2D eigenvalue weighted by Gasteiger charge is -2.15. The van der Waals surface area contributed by atoms with E-state index < -0.39 is 0 Å². The first kappa shape index (κ1) is 13.1. The second-order valence-corrected chi connectivity index (χ2v) is 5.41. The number of aromatic amines is 1. The number of hydrogen-bond donors (Lipinski definition) is 1. The Hall–Kier alpha value is -1.94. The molecule has 0 bridgehead atoms. The van der Waals surface area contributed by atoms with E-state index in [4.69, 9.17) is 4.74 Å². The molecular formula is C16H18N2O2. The number of nitrogens with zero attached hydrogens (tertiary/aromatic N) is 1. The Labute approximate surface area is 117 Å². The summed E-state index contributed by atoms with van der Waals surface area (Å²) in [4.78, 5) is 19.5. The van der Waals surface area contributed by atoms with Crippen molar-refractivity contribution in [2.24, 2.45) is 0 Å². The highest BCUT2D eigenvalue weighted by Crippen LogP contribution is 2.14. The zero-order valence-electron chi connectivity index (χ0n) is 11.8. The first-order chi connectivity index (χ1) is 9.61. The van der Waals surface area contributed by atoms with Gasteiger partial charge in [-0.15, -0.1) is 0 Å². The molecule has 3 rings (SSSR count). The molecule has 1 N–H and O–H groups in total. The van der Waals surface area contributed by atoms with Gasteiger partial charge in [-0.25, -0.2) is 4.98 Å². The summed E-state index contributed by atoms with van der Waals surface area (Å²) in [7, 11) is 0. The largest absolute Gasteiger partial charge is 0.376 e. The molecule has 1 aromatic heterocycles. The Balaban J connectivity index is 1.95. The molecule has 2 aromatic rings. The maximum absolute atomic E-state index is 12.0. The van der Waals surface area contributed by atoms with Gasteiger partial charge in [0.2, 0.25) is 0 Å². The van der Waals surface area contributed by atoms with Gasteiger partial charge in [-0.1, -0.05) is 29.3 Å². The van der Waals surface area contributed by atoms with E-state index in [9.17, 15) is 4.79 Å². The fourth-order valence-electron chi connectivity index (χ4n) is 2.74. The van der Waals surface area contributed by atoms with Crippen LogP contribution in [0.15, 0.2) is 23.0 Å². The summed E-state index contributed by atoms with van der Waals surface area (Å²) < 4.78 is 5.31. The van der Waals surface area contributed by atoms with Crippen LogP contribution < -0.4 is 5.56 Å². The van der Waals surface area contributed by atoms with Crippen molar-refractivity contribution in [3.05, 3.63) is 62.3 Å². The molecule has 20 heavy (non-hydrogen) atoms. The van der Waals surface area contributed by atoms with Gasteiger partial charge in [0.15, 0.2) is 0 Å². The number of H-pyrrole nitrogens is 1. The van der Waals surface area contributed by atoms with Crippen molar-refractivity contribution in [3.8, 4) is 0 Å². The SMILES string of the molecule is Cc1cc(C)cc(Cc2nc3c(c(=O)[nH]2)COCC3)c1. The molecule has 1 aliphatic rings. The standard InChI is InChI=1S/C16H18N2O2/c1-10-5-11(2)7-12(6-10)8-15-17-14-3-4-20-9-13(14)16(19)18-15/h5-7H,3-4,8-9H2,1-2H3,(H,17,18,19). The van der Waals surface area contributed by atoms with E-state index in [2.05, 4.69) is 42.0 Å². The van der Waals surface area contributed by atoms with E-state index in [0.29, 0.717) is 25.2 Å². The van der Waals surface area contributed by atoms with Crippen LogP contribution in [0.2, 0.25) is 0 Å². The number of benzene rings is 1. The molecule has 0 saturated heterocycles. The molecule has 4 nitrogen and oxygen atoms in total. The maximum Gasteiger partial charge on any atom is 0.256 e. The highest BCUT2D eigenvalue weighted by Gasteiger charge is 2.16. The van der Waals surface area contributed by atoms with Crippen molar-refractivity contribution in [2.45, 2.75) is 33.3 Å². The predicted octanol–water partition coefficient (Wildman–Crippen LogP) is 2.05. The molecule has 1 aromatic carbocycles. The third-order valence-corrected chi connectivity index (χ3v) is 3.53. The van der Waals surface area contributed by atoms with Gasteiger partial charge in [-0.05, 0) is 19.4 Å². The van der Waals surface area contributed by atoms with Gasteiger partial charge in [-0.3, -0.25) is 4.79 Å².